The highest BCUT2D eigenvalue weighted by Crippen LogP contribution is 2.30. The molecule has 1 aromatic heterocycles. The lowest BCUT2D eigenvalue weighted by Gasteiger charge is -2.23. The highest BCUT2D eigenvalue weighted by molar-refractivity contribution is 5.30. The van der Waals surface area contributed by atoms with Crippen molar-refractivity contribution in [1.82, 2.24) is 10.3 Å². The molecule has 0 radical (unpaired) electrons. The SMILES string of the molecule is FC(F)(F)c1cccc(Cc2ccc(C3CNCCO3)nc2)c1. The number of rotatable bonds is 3. The Hall–Kier alpha value is -1.92. The van der Waals surface area contributed by atoms with E-state index in [1.807, 2.05) is 12.1 Å². The van der Waals surface area contributed by atoms with Crippen LogP contribution >= 0.6 is 0 Å². The number of aromatic nitrogens is 1. The summed E-state index contributed by atoms with van der Waals surface area (Å²) in [5.41, 5.74) is 1.70. The Kier molecular flexibility index (Phi) is 4.63. The highest BCUT2D eigenvalue weighted by Gasteiger charge is 2.30. The van der Waals surface area contributed by atoms with Gasteiger partial charge < -0.3 is 10.1 Å². The standard InChI is InChI=1S/C17H17F3N2O/c18-17(19,20)14-3-1-2-12(9-14)8-13-4-5-15(22-10-13)16-11-21-6-7-23-16/h1-5,9-10,16,21H,6-8,11H2. The van der Waals surface area contributed by atoms with E-state index in [0.29, 0.717) is 18.6 Å². The number of halogens is 3. The Labute approximate surface area is 132 Å². The van der Waals surface area contributed by atoms with Crippen LogP contribution in [0.5, 0.6) is 0 Å². The first kappa shape index (κ1) is 16.0. The third kappa shape index (κ3) is 4.09. The Bertz CT molecular complexity index is 650. The van der Waals surface area contributed by atoms with Gasteiger partial charge in [-0.3, -0.25) is 4.98 Å². The van der Waals surface area contributed by atoms with E-state index in [0.717, 1.165) is 30.4 Å². The molecule has 0 aliphatic carbocycles. The molecular formula is C17H17F3N2O. The quantitative estimate of drug-likeness (QED) is 0.941. The van der Waals surface area contributed by atoms with Crippen molar-refractivity contribution in [2.75, 3.05) is 19.7 Å². The smallest absolute Gasteiger partial charge is 0.369 e. The zero-order valence-corrected chi connectivity index (χ0v) is 12.4. The Morgan fingerprint density at radius 2 is 2.04 bits per heavy atom. The minimum atomic E-state index is -4.32. The third-order valence-electron chi connectivity index (χ3n) is 3.77. The van der Waals surface area contributed by atoms with Crippen molar-refractivity contribution in [2.24, 2.45) is 0 Å². The number of benzene rings is 1. The predicted octanol–water partition coefficient (Wildman–Crippen LogP) is 3.35. The fourth-order valence-electron chi connectivity index (χ4n) is 2.58. The van der Waals surface area contributed by atoms with Gasteiger partial charge in [0.25, 0.3) is 0 Å². The van der Waals surface area contributed by atoms with Crippen LogP contribution in [0.15, 0.2) is 42.6 Å². The first-order valence-electron chi connectivity index (χ1n) is 7.45. The van der Waals surface area contributed by atoms with Crippen molar-refractivity contribution in [3.63, 3.8) is 0 Å². The molecule has 0 saturated carbocycles. The van der Waals surface area contributed by atoms with E-state index in [4.69, 9.17) is 4.74 Å². The molecule has 0 spiro atoms. The number of hydrogen-bond donors (Lipinski definition) is 1. The van der Waals surface area contributed by atoms with Gasteiger partial charge in [-0.05, 0) is 29.7 Å². The second kappa shape index (κ2) is 6.68. The zero-order valence-electron chi connectivity index (χ0n) is 12.4. The van der Waals surface area contributed by atoms with Crippen LogP contribution in [0.1, 0.15) is 28.5 Å². The van der Waals surface area contributed by atoms with Crippen LogP contribution in [0.3, 0.4) is 0 Å². The van der Waals surface area contributed by atoms with E-state index in [-0.39, 0.29) is 6.10 Å². The molecule has 1 atom stereocenters. The minimum Gasteiger partial charge on any atom is -0.369 e. The minimum absolute atomic E-state index is 0.0636. The molecule has 122 valence electrons. The Balaban J connectivity index is 1.71. The van der Waals surface area contributed by atoms with E-state index >= 15 is 0 Å². The molecule has 0 bridgehead atoms. The van der Waals surface area contributed by atoms with Gasteiger partial charge >= 0.3 is 6.18 Å². The maximum absolute atomic E-state index is 12.7. The Morgan fingerprint density at radius 1 is 1.17 bits per heavy atom. The fraction of sp³-hybridized carbons (Fsp3) is 0.353. The highest BCUT2D eigenvalue weighted by atomic mass is 19.4. The van der Waals surface area contributed by atoms with Crippen molar-refractivity contribution < 1.29 is 17.9 Å². The van der Waals surface area contributed by atoms with Gasteiger partial charge in [-0.25, -0.2) is 0 Å². The third-order valence-corrected chi connectivity index (χ3v) is 3.77. The molecule has 1 fully saturated rings. The van der Waals surface area contributed by atoms with Crippen LogP contribution < -0.4 is 5.32 Å². The van der Waals surface area contributed by atoms with Crippen molar-refractivity contribution >= 4 is 0 Å². The van der Waals surface area contributed by atoms with Crippen LogP contribution in [0.2, 0.25) is 0 Å². The second-order valence-corrected chi connectivity index (χ2v) is 5.53. The molecule has 1 aromatic carbocycles. The second-order valence-electron chi connectivity index (χ2n) is 5.53. The van der Waals surface area contributed by atoms with Gasteiger partial charge in [0, 0.05) is 19.3 Å². The van der Waals surface area contributed by atoms with Crippen LogP contribution in [-0.4, -0.2) is 24.7 Å². The number of pyridine rings is 1. The van der Waals surface area contributed by atoms with Gasteiger partial charge in [0.1, 0.15) is 6.10 Å². The summed E-state index contributed by atoms with van der Waals surface area (Å²) in [5, 5.41) is 3.24. The number of ether oxygens (including phenoxy) is 1. The molecule has 1 unspecified atom stereocenters. The number of nitrogens with zero attached hydrogens (tertiary/aromatic N) is 1. The summed E-state index contributed by atoms with van der Waals surface area (Å²) in [6.07, 6.45) is -2.26. The first-order chi connectivity index (χ1) is 11.0. The average molecular weight is 322 g/mol. The number of hydrogen-bond acceptors (Lipinski definition) is 3. The molecule has 23 heavy (non-hydrogen) atoms. The monoisotopic (exact) mass is 322 g/mol. The molecule has 1 saturated heterocycles. The summed E-state index contributed by atoms with van der Waals surface area (Å²) in [4.78, 5) is 4.38. The summed E-state index contributed by atoms with van der Waals surface area (Å²) in [7, 11) is 0. The number of morpholine rings is 1. The summed E-state index contributed by atoms with van der Waals surface area (Å²) in [5.74, 6) is 0. The topological polar surface area (TPSA) is 34.1 Å². The number of nitrogens with one attached hydrogen (secondary N) is 1. The summed E-state index contributed by atoms with van der Waals surface area (Å²) in [6, 6.07) is 9.15. The molecule has 1 aliphatic rings. The summed E-state index contributed by atoms with van der Waals surface area (Å²) < 4.78 is 43.8. The summed E-state index contributed by atoms with van der Waals surface area (Å²) >= 11 is 0. The van der Waals surface area contributed by atoms with E-state index in [9.17, 15) is 13.2 Å². The van der Waals surface area contributed by atoms with Crippen molar-refractivity contribution in [3.05, 3.63) is 65.0 Å². The van der Waals surface area contributed by atoms with Crippen molar-refractivity contribution in [2.45, 2.75) is 18.7 Å². The van der Waals surface area contributed by atoms with E-state index in [1.54, 1.807) is 12.3 Å². The maximum atomic E-state index is 12.7. The first-order valence-corrected chi connectivity index (χ1v) is 7.45. The van der Waals surface area contributed by atoms with Crippen LogP contribution in [0.25, 0.3) is 0 Å². The van der Waals surface area contributed by atoms with Gasteiger partial charge in [0.2, 0.25) is 0 Å². The maximum Gasteiger partial charge on any atom is 0.416 e. The zero-order chi connectivity index (χ0) is 16.3. The lowest BCUT2D eigenvalue weighted by atomic mass is 10.0. The molecule has 2 heterocycles. The largest absolute Gasteiger partial charge is 0.416 e. The lowest BCUT2D eigenvalue weighted by molar-refractivity contribution is -0.137. The van der Waals surface area contributed by atoms with Gasteiger partial charge in [-0.1, -0.05) is 24.3 Å². The van der Waals surface area contributed by atoms with Crippen molar-refractivity contribution in [3.8, 4) is 0 Å². The van der Waals surface area contributed by atoms with Gasteiger partial charge in [-0.2, -0.15) is 13.2 Å². The van der Waals surface area contributed by atoms with E-state index < -0.39 is 11.7 Å². The lowest BCUT2D eigenvalue weighted by Crippen LogP contribution is -2.33. The van der Waals surface area contributed by atoms with Gasteiger partial charge in [0.05, 0.1) is 17.9 Å². The molecule has 0 amide bonds. The van der Waals surface area contributed by atoms with Crippen molar-refractivity contribution in [1.29, 1.82) is 0 Å². The molecular weight excluding hydrogens is 305 g/mol. The normalized spacial score (nSPS) is 18.8. The van der Waals surface area contributed by atoms with Gasteiger partial charge in [0.15, 0.2) is 0 Å². The van der Waals surface area contributed by atoms with Crippen LogP contribution in [-0.2, 0) is 17.3 Å². The van der Waals surface area contributed by atoms with Gasteiger partial charge in [-0.15, -0.1) is 0 Å². The molecule has 6 heteroatoms. The predicted molar refractivity (Wildman–Crippen MR) is 80.0 cm³/mol. The Morgan fingerprint density at radius 3 is 2.70 bits per heavy atom. The van der Waals surface area contributed by atoms with Crippen LogP contribution in [0, 0.1) is 0 Å². The molecule has 1 aliphatic heterocycles. The van der Waals surface area contributed by atoms with E-state index in [1.165, 1.54) is 12.1 Å². The molecule has 1 N–H and O–H groups in total. The molecule has 3 rings (SSSR count). The number of alkyl halides is 3. The average Bonchev–Trinajstić information content (AvgIpc) is 2.56. The molecule has 3 nitrogen and oxygen atoms in total. The fourth-order valence-corrected chi connectivity index (χ4v) is 2.58. The molecule has 2 aromatic rings. The van der Waals surface area contributed by atoms with Crippen LogP contribution in [0.4, 0.5) is 13.2 Å². The van der Waals surface area contributed by atoms with E-state index in [2.05, 4.69) is 10.3 Å². The summed E-state index contributed by atoms with van der Waals surface area (Å²) in [6.45, 7) is 2.21.